The molecule has 1 saturated carbocycles. The van der Waals surface area contributed by atoms with Crippen molar-refractivity contribution in [3.8, 4) is 0 Å². The highest BCUT2D eigenvalue weighted by molar-refractivity contribution is 5.64. The van der Waals surface area contributed by atoms with Crippen LogP contribution < -0.4 is 5.73 Å². The second-order valence-corrected chi connectivity index (χ2v) is 4.37. The van der Waals surface area contributed by atoms with Crippen molar-refractivity contribution in [2.24, 2.45) is 5.73 Å². The number of hydrogen-bond acceptors (Lipinski definition) is 3. The van der Waals surface area contributed by atoms with E-state index in [1.807, 2.05) is 0 Å². The highest BCUT2D eigenvalue weighted by Gasteiger charge is 2.42. The maximum absolute atomic E-state index is 10.7. The van der Waals surface area contributed by atoms with E-state index in [-0.39, 0.29) is 6.10 Å². The third-order valence-corrected chi connectivity index (χ3v) is 3.27. The molecule has 1 aliphatic carbocycles. The van der Waals surface area contributed by atoms with Gasteiger partial charge in [-0.05, 0) is 26.2 Å². The van der Waals surface area contributed by atoms with Gasteiger partial charge in [0.1, 0.15) is 6.10 Å². The van der Waals surface area contributed by atoms with Gasteiger partial charge in [-0.1, -0.05) is 6.42 Å². The normalized spacial score (nSPS) is 41.8. The molecule has 4 heteroatoms. The van der Waals surface area contributed by atoms with Gasteiger partial charge in [-0.2, -0.15) is 0 Å². The van der Waals surface area contributed by atoms with Crippen LogP contribution in [-0.4, -0.2) is 35.7 Å². The number of nitrogens with two attached hydrogens (primary N) is 1. The monoisotopic (exact) mass is 198 g/mol. The highest BCUT2D eigenvalue weighted by Crippen LogP contribution is 2.32. The summed E-state index contributed by atoms with van der Waals surface area (Å²) in [5, 5.41) is 0. The zero-order valence-corrected chi connectivity index (χ0v) is 8.61. The molecular formula is C10H18N2O2. The molecule has 1 amide bonds. The molecule has 4 atom stereocenters. The second kappa shape index (κ2) is 3.77. The van der Waals surface area contributed by atoms with E-state index in [0.29, 0.717) is 12.1 Å². The molecule has 0 bridgehead atoms. The van der Waals surface area contributed by atoms with Gasteiger partial charge in [-0.25, -0.2) is 4.79 Å². The molecule has 2 fully saturated rings. The Balaban J connectivity index is 1.93. The van der Waals surface area contributed by atoms with E-state index < -0.39 is 6.09 Å². The van der Waals surface area contributed by atoms with Gasteiger partial charge in [0.15, 0.2) is 0 Å². The summed E-state index contributed by atoms with van der Waals surface area (Å²) in [6, 6.07) is 1.09. The van der Waals surface area contributed by atoms with Crippen LogP contribution in [0.25, 0.3) is 0 Å². The standard InChI is InChI=1S/C10H18N2O2/c1-7-6-12(7)8-4-2-3-5-9(8)14-10(11)13/h7-9H,2-6H2,1H3,(H2,11,13). The number of ether oxygens (including phenoxy) is 1. The van der Waals surface area contributed by atoms with Crippen LogP contribution in [-0.2, 0) is 4.74 Å². The maximum Gasteiger partial charge on any atom is 0.404 e. The van der Waals surface area contributed by atoms with Crippen molar-refractivity contribution in [2.75, 3.05) is 6.54 Å². The molecule has 2 rings (SSSR count). The largest absolute Gasteiger partial charge is 0.445 e. The van der Waals surface area contributed by atoms with Gasteiger partial charge in [-0.15, -0.1) is 0 Å². The van der Waals surface area contributed by atoms with E-state index in [2.05, 4.69) is 11.8 Å². The summed E-state index contributed by atoms with van der Waals surface area (Å²) in [5.74, 6) is 0. The van der Waals surface area contributed by atoms with E-state index >= 15 is 0 Å². The number of rotatable bonds is 2. The van der Waals surface area contributed by atoms with Crippen molar-refractivity contribution in [1.29, 1.82) is 0 Å². The first-order valence-electron chi connectivity index (χ1n) is 5.40. The Labute approximate surface area is 84.4 Å². The van der Waals surface area contributed by atoms with E-state index in [1.54, 1.807) is 0 Å². The second-order valence-electron chi connectivity index (χ2n) is 4.37. The Morgan fingerprint density at radius 2 is 2.07 bits per heavy atom. The number of carbonyl (C=O) groups is 1. The molecular weight excluding hydrogens is 180 g/mol. The lowest BCUT2D eigenvalue weighted by molar-refractivity contribution is 0.0381. The van der Waals surface area contributed by atoms with Gasteiger partial charge in [0.2, 0.25) is 0 Å². The average Bonchev–Trinajstić information content (AvgIpc) is 2.82. The van der Waals surface area contributed by atoms with Gasteiger partial charge in [-0.3, -0.25) is 4.90 Å². The minimum absolute atomic E-state index is 0.0335. The van der Waals surface area contributed by atoms with Crippen molar-refractivity contribution in [3.05, 3.63) is 0 Å². The molecule has 1 saturated heterocycles. The van der Waals surface area contributed by atoms with Crippen molar-refractivity contribution in [3.63, 3.8) is 0 Å². The summed E-state index contributed by atoms with van der Waals surface area (Å²) < 4.78 is 5.15. The van der Waals surface area contributed by atoms with Crippen LogP contribution in [0.4, 0.5) is 4.79 Å². The van der Waals surface area contributed by atoms with Crippen LogP contribution in [0.3, 0.4) is 0 Å². The topological polar surface area (TPSA) is 55.3 Å². The molecule has 2 aliphatic rings. The molecule has 0 aromatic carbocycles. The van der Waals surface area contributed by atoms with Crippen molar-refractivity contribution in [2.45, 2.75) is 50.8 Å². The smallest absolute Gasteiger partial charge is 0.404 e. The van der Waals surface area contributed by atoms with E-state index in [0.717, 1.165) is 25.8 Å². The quantitative estimate of drug-likeness (QED) is 0.676. The Morgan fingerprint density at radius 1 is 1.43 bits per heavy atom. The Hall–Kier alpha value is -0.770. The lowest BCUT2D eigenvalue weighted by atomic mass is 9.92. The molecule has 0 aromatic rings. The van der Waals surface area contributed by atoms with Crippen LogP contribution >= 0.6 is 0 Å². The molecule has 80 valence electrons. The maximum atomic E-state index is 10.7. The molecule has 1 heterocycles. The third-order valence-electron chi connectivity index (χ3n) is 3.27. The first-order valence-corrected chi connectivity index (χ1v) is 5.40. The van der Waals surface area contributed by atoms with E-state index in [1.165, 1.54) is 6.42 Å². The zero-order chi connectivity index (χ0) is 10.1. The molecule has 0 aromatic heterocycles. The van der Waals surface area contributed by atoms with Crippen molar-refractivity contribution in [1.82, 2.24) is 4.90 Å². The fourth-order valence-electron chi connectivity index (χ4n) is 2.46. The summed E-state index contributed by atoms with van der Waals surface area (Å²) >= 11 is 0. The fraction of sp³-hybridized carbons (Fsp3) is 0.900. The molecule has 0 radical (unpaired) electrons. The number of primary amides is 1. The lowest BCUT2D eigenvalue weighted by Gasteiger charge is -2.31. The molecule has 14 heavy (non-hydrogen) atoms. The van der Waals surface area contributed by atoms with Crippen LogP contribution in [0.2, 0.25) is 0 Å². The Morgan fingerprint density at radius 3 is 2.64 bits per heavy atom. The van der Waals surface area contributed by atoms with Crippen LogP contribution in [0.5, 0.6) is 0 Å². The van der Waals surface area contributed by atoms with Crippen LogP contribution in [0.15, 0.2) is 0 Å². The summed E-state index contributed by atoms with van der Waals surface area (Å²) in [6.45, 7) is 3.35. The minimum Gasteiger partial charge on any atom is -0.445 e. The van der Waals surface area contributed by atoms with Gasteiger partial charge >= 0.3 is 6.09 Å². The first-order chi connectivity index (χ1) is 6.68. The molecule has 4 nitrogen and oxygen atoms in total. The molecule has 2 N–H and O–H groups in total. The SMILES string of the molecule is CC1CN1C1CCCCC1OC(N)=O. The predicted octanol–water partition coefficient (Wildman–Crippen LogP) is 1.10. The summed E-state index contributed by atoms with van der Waals surface area (Å²) in [5.41, 5.74) is 5.06. The van der Waals surface area contributed by atoms with Crippen molar-refractivity contribution < 1.29 is 9.53 Å². The minimum atomic E-state index is -0.628. The van der Waals surface area contributed by atoms with Crippen LogP contribution in [0, 0.1) is 0 Å². The molecule has 1 aliphatic heterocycles. The number of nitrogens with zero attached hydrogens (tertiary/aromatic N) is 1. The third kappa shape index (κ3) is 2.00. The van der Waals surface area contributed by atoms with Crippen LogP contribution in [0.1, 0.15) is 32.6 Å². The van der Waals surface area contributed by atoms with Gasteiger partial charge in [0, 0.05) is 18.6 Å². The summed E-state index contributed by atoms with van der Waals surface area (Å²) in [7, 11) is 0. The average molecular weight is 198 g/mol. The highest BCUT2D eigenvalue weighted by atomic mass is 16.6. The number of hydrogen-bond donors (Lipinski definition) is 1. The molecule has 0 spiro atoms. The van der Waals surface area contributed by atoms with Gasteiger partial charge in [0.25, 0.3) is 0 Å². The lowest BCUT2D eigenvalue weighted by Crippen LogP contribution is -2.41. The van der Waals surface area contributed by atoms with Gasteiger partial charge in [0.05, 0.1) is 0 Å². The Kier molecular flexibility index (Phi) is 2.63. The molecule has 4 unspecified atom stereocenters. The predicted molar refractivity (Wildman–Crippen MR) is 52.9 cm³/mol. The summed E-state index contributed by atoms with van der Waals surface area (Å²) in [6.07, 6.45) is 3.91. The van der Waals surface area contributed by atoms with E-state index in [4.69, 9.17) is 10.5 Å². The number of carbonyl (C=O) groups excluding carboxylic acids is 1. The fourth-order valence-corrected chi connectivity index (χ4v) is 2.46. The van der Waals surface area contributed by atoms with Crippen molar-refractivity contribution >= 4 is 6.09 Å². The zero-order valence-electron chi connectivity index (χ0n) is 8.61. The Bertz CT molecular complexity index is 232. The first kappa shape index (κ1) is 9.77. The number of amides is 1. The summed E-state index contributed by atoms with van der Waals surface area (Å²) in [4.78, 5) is 13.1. The van der Waals surface area contributed by atoms with Gasteiger partial charge < -0.3 is 10.5 Å². The van der Waals surface area contributed by atoms with E-state index in [9.17, 15) is 4.79 Å².